The van der Waals surface area contributed by atoms with Gasteiger partial charge in [0.05, 0.1) is 11.8 Å². The van der Waals surface area contributed by atoms with Crippen molar-refractivity contribution in [2.24, 2.45) is 0 Å². The lowest BCUT2D eigenvalue weighted by Crippen LogP contribution is -2.48. The Morgan fingerprint density at radius 2 is 1.91 bits per heavy atom. The standard InChI is InChI=1S/C15H14F3N3O2/c16-15(17,18)11-2-1-3-12(8-11)20-4-6-21(7-5-20)14(22)13-9-19-10-23-13/h1-3,8-10H,4-7H2. The van der Waals surface area contributed by atoms with Crippen LogP contribution in [0.4, 0.5) is 18.9 Å². The highest BCUT2D eigenvalue weighted by atomic mass is 19.4. The van der Waals surface area contributed by atoms with Gasteiger partial charge in [0.1, 0.15) is 0 Å². The van der Waals surface area contributed by atoms with Gasteiger partial charge in [0.25, 0.3) is 5.91 Å². The highest BCUT2D eigenvalue weighted by molar-refractivity contribution is 5.91. The van der Waals surface area contributed by atoms with Crippen LogP contribution in [0.2, 0.25) is 0 Å². The van der Waals surface area contributed by atoms with E-state index in [2.05, 4.69) is 4.98 Å². The molecule has 23 heavy (non-hydrogen) atoms. The number of piperazine rings is 1. The van der Waals surface area contributed by atoms with Gasteiger partial charge in [-0.3, -0.25) is 4.79 Å². The third-order valence-corrected chi connectivity index (χ3v) is 3.75. The van der Waals surface area contributed by atoms with Crippen LogP contribution in [0.1, 0.15) is 16.1 Å². The van der Waals surface area contributed by atoms with Crippen molar-refractivity contribution < 1.29 is 22.4 Å². The SMILES string of the molecule is O=C(c1cnco1)N1CCN(c2cccc(C(F)(F)F)c2)CC1. The van der Waals surface area contributed by atoms with Gasteiger partial charge < -0.3 is 14.2 Å². The lowest BCUT2D eigenvalue weighted by atomic mass is 10.1. The van der Waals surface area contributed by atoms with Crippen LogP contribution in [0.25, 0.3) is 0 Å². The van der Waals surface area contributed by atoms with E-state index < -0.39 is 11.7 Å². The zero-order valence-corrected chi connectivity index (χ0v) is 12.1. The van der Waals surface area contributed by atoms with Crippen molar-refractivity contribution in [3.63, 3.8) is 0 Å². The van der Waals surface area contributed by atoms with Crippen LogP contribution in [0.3, 0.4) is 0 Å². The maximum absolute atomic E-state index is 12.8. The molecular formula is C15H14F3N3O2. The molecule has 2 aromatic rings. The molecule has 2 heterocycles. The second-order valence-electron chi connectivity index (χ2n) is 5.19. The maximum atomic E-state index is 12.8. The van der Waals surface area contributed by atoms with Gasteiger partial charge in [-0.1, -0.05) is 6.07 Å². The summed E-state index contributed by atoms with van der Waals surface area (Å²) in [5.41, 5.74) is -0.165. The summed E-state index contributed by atoms with van der Waals surface area (Å²) in [5, 5.41) is 0. The average molecular weight is 325 g/mol. The predicted molar refractivity (Wildman–Crippen MR) is 76.1 cm³/mol. The number of alkyl halides is 3. The van der Waals surface area contributed by atoms with Gasteiger partial charge in [0.2, 0.25) is 5.76 Å². The molecule has 1 aromatic carbocycles. The number of benzene rings is 1. The highest BCUT2D eigenvalue weighted by Crippen LogP contribution is 2.31. The molecule has 0 bridgehead atoms. The molecule has 3 rings (SSSR count). The third-order valence-electron chi connectivity index (χ3n) is 3.75. The first kappa shape index (κ1) is 15.4. The van der Waals surface area contributed by atoms with Gasteiger partial charge in [-0.05, 0) is 18.2 Å². The number of hydrogen-bond acceptors (Lipinski definition) is 4. The molecule has 1 saturated heterocycles. The Morgan fingerprint density at radius 1 is 1.17 bits per heavy atom. The Morgan fingerprint density at radius 3 is 2.52 bits per heavy atom. The maximum Gasteiger partial charge on any atom is 0.416 e. The van der Waals surface area contributed by atoms with Crippen molar-refractivity contribution in [3.05, 3.63) is 48.2 Å². The van der Waals surface area contributed by atoms with Crippen LogP contribution >= 0.6 is 0 Å². The van der Waals surface area contributed by atoms with Crippen molar-refractivity contribution in [2.75, 3.05) is 31.1 Å². The van der Waals surface area contributed by atoms with E-state index in [1.807, 2.05) is 4.90 Å². The molecule has 1 aliphatic rings. The van der Waals surface area contributed by atoms with Crippen LogP contribution < -0.4 is 4.90 Å². The number of aromatic nitrogens is 1. The number of halogens is 3. The summed E-state index contributed by atoms with van der Waals surface area (Å²) in [7, 11) is 0. The van der Waals surface area contributed by atoms with Crippen molar-refractivity contribution in [2.45, 2.75) is 6.18 Å². The highest BCUT2D eigenvalue weighted by Gasteiger charge is 2.31. The van der Waals surface area contributed by atoms with E-state index in [1.54, 1.807) is 11.0 Å². The first-order chi connectivity index (χ1) is 10.9. The monoisotopic (exact) mass is 325 g/mol. The number of hydrogen-bond donors (Lipinski definition) is 0. The topological polar surface area (TPSA) is 49.6 Å². The van der Waals surface area contributed by atoms with E-state index in [0.29, 0.717) is 31.9 Å². The molecule has 1 fully saturated rings. The van der Waals surface area contributed by atoms with Gasteiger partial charge in [0.15, 0.2) is 6.39 Å². The summed E-state index contributed by atoms with van der Waals surface area (Å²) >= 11 is 0. The van der Waals surface area contributed by atoms with Crippen molar-refractivity contribution in [3.8, 4) is 0 Å². The molecule has 0 spiro atoms. The summed E-state index contributed by atoms with van der Waals surface area (Å²) < 4.78 is 43.3. The minimum Gasteiger partial charge on any atom is -0.438 e. The fourth-order valence-corrected chi connectivity index (χ4v) is 2.52. The minimum atomic E-state index is -4.36. The lowest BCUT2D eigenvalue weighted by molar-refractivity contribution is -0.137. The average Bonchev–Trinajstić information content (AvgIpc) is 3.08. The molecule has 0 saturated carbocycles. The molecule has 1 aromatic heterocycles. The summed E-state index contributed by atoms with van der Waals surface area (Å²) in [6, 6.07) is 5.22. The zero-order chi connectivity index (χ0) is 16.4. The van der Waals surface area contributed by atoms with E-state index in [4.69, 9.17) is 4.42 Å². The van der Waals surface area contributed by atoms with Gasteiger partial charge in [-0.2, -0.15) is 13.2 Å². The summed E-state index contributed by atoms with van der Waals surface area (Å²) in [6.07, 6.45) is -1.83. The number of rotatable bonds is 2. The molecular weight excluding hydrogens is 311 g/mol. The smallest absolute Gasteiger partial charge is 0.416 e. The van der Waals surface area contributed by atoms with E-state index in [9.17, 15) is 18.0 Å². The van der Waals surface area contributed by atoms with Crippen LogP contribution in [-0.4, -0.2) is 42.0 Å². The number of amides is 1. The number of carbonyl (C=O) groups is 1. The molecule has 0 atom stereocenters. The zero-order valence-electron chi connectivity index (χ0n) is 12.1. The molecule has 0 unspecified atom stereocenters. The molecule has 8 heteroatoms. The first-order valence-electron chi connectivity index (χ1n) is 7.05. The molecule has 1 aliphatic heterocycles. The quantitative estimate of drug-likeness (QED) is 0.852. The van der Waals surface area contributed by atoms with Crippen molar-refractivity contribution in [1.29, 1.82) is 0 Å². The molecule has 122 valence electrons. The lowest BCUT2D eigenvalue weighted by Gasteiger charge is -2.35. The third kappa shape index (κ3) is 3.30. The predicted octanol–water partition coefficient (Wildman–Crippen LogP) is 2.66. The Kier molecular flexibility index (Phi) is 3.97. The molecule has 0 aliphatic carbocycles. The fourth-order valence-electron chi connectivity index (χ4n) is 2.52. The number of carbonyl (C=O) groups excluding carboxylic acids is 1. The Balaban J connectivity index is 1.66. The van der Waals surface area contributed by atoms with Crippen LogP contribution in [0, 0.1) is 0 Å². The normalized spacial score (nSPS) is 15.8. The molecule has 0 N–H and O–H groups in total. The van der Waals surface area contributed by atoms with Gasteiger partial charge in [-0.25, -0.2) is 4.98 Å². The van der Waals surface area contributed by atoms with Gasteiger partial charge in [0, 0.05) is 31.9 Å². The molecule has 1 amide bonds. The first-order valence-corrected chi connectivity index (χ1v) is 7.05. The Bertz CT molecular complexity index is 678. The van der Waals surface area contributed by atoms with Crippen LogP contribution in [0.5, 0.6) is 0 Å². The number of nitrogens with zero attached hydrogens (tertiary/aromatic N) is 3. The van der Waals surface area contributed by atoms with E-state index in [1.165, 1.54) is 18.7 Å². The Labute approximate surface area is 130 Å². The van der Waals surface area contributed by atoms with Crippen LogP contribution in [-0.2, 0) is 6.18 Å². The number of oxazole rings is 1. The van der Waals surface area contributed by atoms with E-state index in [-0.39, 0.29) is 11.7 Å². The Hall–Kier alpha value is -2.51. The minimum absolute atomic E-state index is 0.164. The van der Waals surface area contributed by atoms with Crippen molar-refractivity contribution >= 4 is 11.6 Å². The molecule has 0 radical (unpaired) electrons. The van der Waals surface area contributed by atoms with E-state index >= 15 is 0 Å². The second-order valence-corrected chi connectivity index (χ2v) is 5.19. The second kappa shape index (κ2) is 5.94. The van der Waals surface area contributed by atoms with Crippen LogP contribution in [0.15, 0.2) is 41.3 Å². The van der Waals surface area contributed by atoms with Gasteiger partial charge in [-0.15, -0.1) is 0 Å². The van der Waals surface area contributed by atoms with Crippen molar-refractivity contribution in [1.82, 2.24) is 9.88 Å². The fraction of sp³-hybridized carbons (Fsp3) is 0.333. The largest absolute Gasteiger partial charge is 0.438 e. The van der Waals surface area contributed by atoms with Gasteiger partial charge >= 0.3 is 6.18 Å². The number of anilines is 1. The summed E-state index contributed by atoms with van der Waals surface area (Å²) in [5.74, 6) is -0.0938. The molecule has 5 nitrogen and oxygen atoms in total. The van der Waals surface area contributed by atoms with E-state index in [0.717, 1.165) is 12.1 Å². The summed E-state index contributed by atoms with van der Waals surface area (Å²) in [6.45, 7) is 1.74. The summed E-state index contributed by atoms with van der Waals surface area (Å²) in [4.78, 5) is 19.3.